The van der Waals surface area contributed by atoms with Crippen molar-refractivity contribution in [2.75, 3.05) is 13.1 Å². The van der Waals surface area contributed by atoms with E-state index in [1.54, 1.807) is 12.1 Å². The van der Waals surface area contributed by atoms with E-state index in [4.69, 9.17) is 0 Å². The fourth-order valence-electron chi connectivity index (χ4n) is 3.47. The van der Waals surface area contributed by atoms with Crippen LogP contribution in [0.25, 0.3) is 5.65 Å². The summed E-state index contributed by atoms with van der Waals surface area (Å²) in [7, 11) is 0. The topological polar surface area (TPSA) is 76.6 Å². The monoisotopic (exact) mass is 337 g/mol. The summed E-state index contributed by atoms with van der Waals surface area (Å²) in [5.41, 5.74) is 2.14. The van der Waals surface area contributed by atoms with Gasteiger partial charge in [-0.2, -0.15) is 0 Å². The molecule has 7 nitrogen and oxygen atoms in total. The van der Waals surface area contributed by atoms with E-state index < -0.39 is 0 Å². The van der Waals surface area contributed by atoms with E-state index in [2.05, 4.69) is 19.5 Å². The number of nitrogens with zero attached hydrogens (tertiary/aromatic N) is 5. The summed E-state index contributed by atoms with van der Waals surface area (Å²) in [6.45, 7) is 2.80. The number of benzene rings is 1. The smallest absolute Gasteiger partial charge is 0.269 e. The average molecular weight is 337 g/mol. The molecule has 0 saturated carbocycles. The van der Waals surface area contributed by atoms with Crippen LogP contribution in [0.4, 0.5) is 5.69 Å². The van der Waals surface area contributed by atoms with Crippen molar-refractivity contribution in [2.45, 2.75) is 25.3 Å². The molecule has 7 heteroatoms. The minimum absolute atomic E-state index is 0.140. The number of non-ortho nitro benzene ring substituents is 1. The van der Waals surface area contributed by atoms with Crippen molar-refractivity contribution in [2.24, 2.45) is 0 Å². The van der Waals surface area contributed by atoms with Crippen LogP contribution in [0, 0.1) is 10.1 Å². The van der Waals surface area contributed by atoms with Crippen LogP contribution >= 0.6 is 0 Å². The summed E-state index contributed by atoms with van der Waals surface area (Å²) in [5, 5.41) is 19.4. The van der Waals surface area contributed by atoms with Crippen molar-refractivity contribution in [3.05, 3.63) is 70.2 Å². The van der Waals surface area contributed by atoms with Gasteiger partial charge in [-0.05, 0) is 43.6 Å². The van der Waals surface area contributed by atoms with Crippen molar-refractivity contribution in [3.8, 4) is 0 Å². The first kappa shape index (κ1) is 15.7. The number of likely N-dealkylation sites (tertiary alicyclic amines) is 1. The molecule has 1 aliphatic rings. The lowest BCUT2D eigenvalue weighted by Crippen LogP contribution is -2.33. The lowest BCUT2D eigenvalue weighted by molar-refractivity contribution is -0.384. The minimum atomic E-state index is -0.363. The minimum Gasteiger partial charge on any atom is -0.299 e. The highest BCUT2D eigenvalue weighted by atomic mass is 16.6. The van der Waals surface area contributed by atoms with Crippen molar-refractivity contribution < 1.29 is 4.92 Å². The van der Waals surface area contributed by atoms with Gasteiger partial charge in [-0.25, -0.2) is 0 Å². The Morgan fingerprint density at radius 2 is 1.84 bits per heavy atom. The molecule has 1 aromatic carbocycles. The van der Waals surface area contributed by atoms with Crippen molar-refractivity contribution in [3.63, 3.8) is 0 Å². The Kier molecular flexibility index (Phi) is 4.15. The first-order valence-electron chi connectivity index (χ1n) is 8.46. The SMILES string of the molecule is O=[N+]([O-])c1ccc(CN2CCC(c3nnc4ccccn34)CC2)cc1. The molecule has 25 heavy (non-hydrogen) atoms. The fraction of sp³-hybridized carbons (Fsp3) is 0.333. The Morgan fingerprint density at radius 3 is 2.56 bits per heavy atom. The van der Waals surface area contributed by atoms with E-state index in [-0.39, 0.29) is 10.6 Å². The second kappa shape index (κ2) is 6.60. The van der Waals surface area contributed by atoms with E-state index in [9.17, 15) is 10.1 Å². The molecule has 0 bridgehead atoms. The third-order valence-electron chi connectivity index (χ3n) is 4.85. The average Bonchev–Trinajstić information content (AvgIpc) is 3.07. The molecule has 0 spiro atoms. The van der Waals surface area contributed by atoms with Gasteiger partial charge in [0.1, 0.15) is 5.82 Å². The zero-order valence-corrected chi connectivity index (χ0v) is 13.8. The molecule has 0 N–H and O–H groups in total. The maximum Gasteiger partial charge on any atom is 0.269 e. The first-order valence-corrected chi connectivity index (χ1v) is 8.46. The van der Waals surface area contributed by atoms with Gasteiger partial charge in [-0.15, -0.1) is 10.2 Å². The van der Waals surface area contributed by atoms with Gasteiger partial charge >= 0.3 is 0 Å². The highest BCUT2D eigenvalue weighted by Gasteiger charge is 2.24. The Labute approximate surface area is 145 Å². The van der Waals surface area contributed by atoms with Crippen LogP contribution in [0.3, 0.4) is 0 Å². The van der Waals surface area contributed by atoms with Gasteiger partial charge in [0.15, 0.2) is 5.65 Å². The molecule has 1 saturated heterocycles. The molecule has 0 amide bonds. The second-order valence-electron chi connectivity index (χ2n) is 6.46. The normalized spacial score (nSPS) is 16.3. The highest BCUT2D eigenvalue weighted by Crippen LogP contribution is 2.28. The van der Waals surface area contributed by atoms with Crippen molar-refractivity contribution in [1.29, 1.82) is 0 Å². The molecule has 1 aliphatic heterocycles. The van der Waals surface area contributed by atoms with Crippen molar-refractivity contribution >= 4 is 11.3 Å². The standard InChI is InChI=1S/C18H19N5O2/c24-23(25)16-6-4-14(5-7-16)13-21-11-8-15(9-12-21)18-20-19-17-3-1-2-10-22(17)18/h1-7,10,15H,8-9,11-13H2. The lowest BCUT2D eigenvalue weighted by Gasteiger charge is -2.31. The Hall–Kier alpha value is -2.80. The number of aromatic nitrogens is 3. The van der Waals surface area contributed by atoms with Gasteiger partial charge < -0.3 is 0 Å². The Balaban J connectivity index is 1.39. The Morgan fingerprint density at radius 1 is 1.08 bits per heavy atom. The van der Waals surface area contributed by atoms with Gasteiger partial charge in [-0.3, -0.25) is 19.4 Å². The molecule has 4 rings (SSSR count). The molecule has 0 atom stereocenters. The van der Waals surface area contributed by atoms with Gasteiger partial charge in [0.25, 0.3) is 5.69 Å². The number of fused-ring (bicyclic) bond motifs is 1. The summed E-state index contributed by atoms with van der Waals surface area (Å²) in [6.07, 6.45) is 4.11. The number of rotatable bonds is 4. The molecular formula is C18H19N5O2. The van der Waals surface area contributed by atoms with Gasteiger partial charge in [-0.1, -0.05) is 18.2 Å². The summed E-state index contributed by atoms with van der Waals surface area (Å²) in [6, 6.07) is 12.8. The van der Waals surface area contributed by atoms with Crippen LogP contribution in [0.2, 0.25) is 0 Å². The number of hydrogen-bond donors (Lipinski definition) is 0. The number of nitro benzene ring substituents is 1. The quantitative estimate of drug-likeness (QED) is 0.540. The third-order valence-corrected chi connectivity index (χ3v) is 4.85. The number of nitro groups is 1. The van der Waals surface area contributed by atoms with Gasteiger partial charge in [0, 0.05) is 30.8 Å². The molecule has 1 fully saturated rings. The number of pyridine rings is 1. The molecule has 3 heterocycles. The number of hydrogen-bond acceptors (Lipinski definition) is 5. The van der Waals surface area contributed by atoms with Crippen molar-refractivity contribution in [1.82, 2.24) is 19.5 Å². The summed E-state index contributed by atoms with van der Waals surface area (Å²) in [4.78, 5) is 12.8. The maximum atomic E-state index is 10.7. The second-order valence-corrected chi connectivity index (χ2v) is 6.46. The first-order chi connectivity index (χ1) is 12.2. The molecule has 0 unspecified atom stereocenters. The molecule has 0 aliphatic carbocycles. The van der Waals surface area contributed by atoms with Gasteiger partial charge in [0.05, 0.1) is 4.92 Å². The predicted octanol–water partition coefficient (Wildman–Crippen LogP) is 3.02. The van der Waals surface area contributed by atoms with Crippen LogP contribution in [0.15, 0.2) is 48.7 Å². The van der Waals surface area contributed by atoms with Crippen LogP contribution in [0.5, 0.6) is 0 Å². The summed E-state index contributed by atoms with van der Waals surface area (Å²) < 4.78 is 2.08. The van der Waals surface area contributed by atoms with Gasteiger partial charge in [0.2, 0.25) is 0 Å². The third kappa shape index (κ3) is 3.23. The van der Waals surface area contributed by atoms with Crippen LogP contribution in [0.1, 0.15) is 30.1 Å². The van der Waals surface area contributed by atoms with E-state index in [0.717, 1.165) is 49.5 Å². The lowest BCUT2D eigenvalue weighted by atomic mass is 9.95. The van der Waals surface area contributed by atoms with Crippen LogP contribution in [-0.4, -0.2) is 37.5 Å². The maximum absolute atomic E-state index is 10.7. The molecule has 3 aromatic rings. The fourth-order valence-corrected chi connectivity index (χ4v) is 3.47. The van der Waals surface area contributed by atoms with Crippen LogP contribution < -0.4 is 0 Å². The van der Waals surface area contributed by atoms with E-state index in [0.29, 0.717) is 5.92 Å². The number of piperidine rings is 1. The molecule has 128 valence electrons. The molecule has 2 aromatic heterocycles. The van der Waals surface area contributed by atoms with Crippen LogP contribution in [-0.2, 0) is 6.54 Å². The zero-order valence-electron chi connectivity index (χ0n) is 13.8. The zero-order chi connectivity index (χ0) is 17.2. The predicted molar refractivity (Wildman–Crippen MR) is 93.3 cm³/mol. The Bertz CT molecular complexity index is 882. The summed E-state index contributed by atoms with van der Waals surface area (Å²) >= 11 is 0. The largest absolute Gasteiger partial charge is 0.299 e. The van der Waals surface area contributed by atoms with E-state index >= 15 is 0 Å². The van der Waals surface area contributed by atoms with E-state index in [1.165, 1.54) is 0 Å². The highest BCUT2D eigenvalue weighted by molar-refractivity contribution is 5.37. The molecular weight excluding hydrogens is 318 g/mol. The molecule has 0 radical (unpaired) electrons. The van der Waals surface area contributed by atoms with E-state index in [1.807, 2.05) is 36.5 Å². The summed E-state index contributed by atoms with van der Waals surface area (Å²) in [5.74, 6) is 1.47.